The van der Waals surface area contributed by atoms with E-state index in [1.54, 1.807) is 4.90 Å². The zero-order valence-corrected chi connectivity index (χ0v) is 11.3. The number of ether oxygens (including phenoxy) is 1. The van der Waals surface area contributed by atoms with Gasteiger partial charge in [-0.05, 0) is 34.2 Å². The van der Waals surface area contributed by atoms with Crippen LogP contribution in [-0.4, -0.2) is 65.9 Å². The van der Waals surface area contributed by atoms with Crippen molar-refractivity contribution in [3.63, 3.8) is 0 Å². The number of amides is 1. The molecule has 1 aliphatic rings. The number of carbonyl (C=O) groups is 1. The van der Waals surface area contributed by atoms with Crippen LogP contribution >= 0.6 is 0 Å². The van der Waals surface area contributed by atoms with Gasteiger partial charge in [0.15, 0.2) is 0 Å². The first kappa shape index (κ1) is 14.3. The lowest BCUT2D eigenvalue weighted by Gasteiger charge is -2.44. The monoisotopic (exact) mass is 244 g/mol. The summed E-state index contributed by atoms with van der Waals surface area (Å²) in [5.41, 5.74) is -0.426. The highest BCUT2D eigenvalue weighted by Gasteiger charge is 2.35. The number of aliphatic hydroxyl groups excluding tert-OH is 1. The van der Waals surface area contributed by atoms with Gasteiger partial charge in [0.25, 0.3) is 0 Å². The highest BCUT2D eigenvalue weighted by atomic mass is 16.6. The predicted molar refractivity (Wildman–Crippen MR) is 65.9 cm³/mol. The van der Waals surface area contributed by atoms with Crippen LogP contribution in [0.2, 0.25) is 0 Å². The van der Waals surface area contributed by atoms with E-state index in [4.69, 9.17) is 9.84 Å². The quantitative estimate of drug-likeness (QED) is 0.799. The van der Waals surface area contributed by atoms with E-state index in [9.17, 15) is 4.79 Å². The van der Waals surface area contributed by atoms with Gasteiger partial charge in [0.2, 0.25) is 0 Å². The lowest BCUT2D eigenvalue weighted by molar-refractivity contribution is -0.0114. The summed E-state index contributed by atoms with van der Waals surface area (Å²) in [5.74, 6) is 0. The van der Waals surface area contributed by atoms with Crippen molar-refractivity contribution in [1.29, 1.82) is 0 Å². The molecule has 0 aromatic heterocycles. The Morgan fingerprint density at radius 3 is 2.53 bits per heavy atom. The second-order valence-electron chi connectivity index (χ2n) is 5.60. The van der Waals surface area contributed by atoms with Gasteiger partial charge in [-0.2, -0.15) is 0 Å². The SMILES string of the molecule is CN(CCCO)C1CN(C(=O)OC(C)(C)C)C1. The van der Waals surface area contributed by atoms with Crippen LogP contribution in [0.5, 0.6) is 0 Å². The average Bonchev–Trinajstić information content (AvgIpc) is 2.09. The van der Waals surface area contributed by atoms with E-state index in [1.165, 1.54) is 0 Å². The van der Waals surface area contributed by atoms with Crippen molar-refractivity contribution in [2.45, 2.75) is 38.8 Å². The summed E-state index contributed by atoms with van der Waals surface area (Å²) < 4.78 is 5.28. The maximum Gasteiger partial charge on any atom is 0.410 e. The number of hydrogen-bond donors (Lipinski definition) is 1. The van der Waals surface area contributed by atoms with E-state index in [-0.39, 0.29) is 12.7 Å². The summed E-state index contributed by atoms with van der Waals surface area (Å²) in [6, 6.07) is 0.397. The van der Waals surface area contributed by atoms with Gasteiger partial charge in [0.05, 0.1) is 0 Å². The number of hydrogen-bond acceptors (Lipinski definition) is 4. The number of likely N-dealkylation sites (N-methyl/N-ethyl adjacent to an activating group) is 1. The summed E-state index contributed by atoms with van der Waals surface area (Å²) in [6.45, 7) is 8.13. The lowest BCUT2D eigenvalue weighted by Crippen LogP contribution is -2.60. The topological polar surface area (TPSA) is 53.0 Å². The molecule has 0 radical (unpaired) electrons. The Balaban J connectivity index is 2.24. The van der Waals surface area contributed by atoms with Crippen LogP contribution in [0.1, 0.15) is 27.2 Å². The van der Waals surface area contributed by atoms with Gasteiger partial charge in [0.1, 0.15) is 5.60 Å². The number of rotatable bonds is 4. The number of likely N-dealkylation sites (tertiary alicyclic amines) is 1. The van der Waals surface area contributed by atoms with Crippen molar-refractivity contribution in [2.75, 3.05) is 33.3 Å². The van der Waals surface area contributed by atoms with Crippen LogP contribution in [0.15, 0.2) is 0 Å². The molecule has 1 saturated heterocycles. The molecule has 5 heteroatoms. The molecule has 0 aromatic rings. The van der Waals surface area contributed by atoms with Crippen LogP contribution in [0.3, 0.4) is 0 Å². The van der Waals surface area contributed by atoms with Gasteiger partial charge in [-0.1, -0.05) is 0 Å². The molecule has 0 spiro atoms. The Hall–Kier alpha value is -0.810. The largest absolute Gasteiger partial charge is 0.444 e. The predicted octanol–water partition coefficient (Wildman–Crippen LogP) is 0.920. The normalized spacial score (nSPS) is 17.2. The Bertz CT molecular complexity index is 257. The molecule has 1 N–H and O–H groups in total. The maximum absolute atomic E-state index is 11.7. The second-order valence-corrected chi connectivity index (χ2v) is 5.60. The van der Waals surface area contributed by atoms with E-state index < -0.39 is 5.60 Å². The van der Waals surface area contributed by atoms with Crippen LogP contribution in [0.4, 0.5) is 4.79 Å². The standard InChI is InChI=1S/C12H24N2O3/c1-12(2,3)17-11(16)14-8-10(9-14)13(4)6-5-7-15/h10,15H,5-9H2,1-4H3. The van der Waals surface area contributed by atoms with Gasteiger partial charge in [-0.15, -0.1) is 0 Å². The fourth-order valence-electron chi connectivity index (χ4n) is 1.71. The molecule has 0 unspecified atom stereocenters. The molecule has 0 aliphatic carbocycles. The fourth-order valence-corrected chi connectivity index (χ4v) is 1.71. The number of carbonyl (C=O) groups excluding carboxylic acids is 1. The van der Waals surface area contributed by atoms with Gasteiger partial charge < -0.3 is 14.7 Å². The Labute approximate surface area is 103 Å². The lowest BCUT2D eigenvalue weighted by atomic mass is 10.1. The third-order valence-corrected chi connectivity index (χ3v) is 2.81. The van der Waals surface area contributed by atoms with Crippen LogP contribution in [0, 0.1) is 0 Å². The molecule has 1 amide bonds. The third-order valence-electron chi connectivity index (χ3n) is 2.81. The smallest absolute Gasteiger partial charge is 0.410 e. The fraction of sp³-hybridized carbons (Fsp3) is 0.917. The summed E-state index contributed by atoms with van der Waals surface area (Å²) in [7, 11) is 2.02. The van der Waals surface area contributed by atoms with Crippen LogP contribution < -0.4 is 0 Å². The molecule has 100 valence electrons. The van der Waals surface area contributed by atoms with Crippen molar-refractivity contribution >= 4 is 6.09 Å². The first-order valence-corrected chi connectivity index (χ1v) is 6.12. The maximum atomic E-state index is 11.7. The minimum Gasteiger partial charge on any atom is -0.444 e. The number of nitrogens with zero attached hydrogens (tertiary/aromatic N) is 2. The molecule has 0 aromatic carbocycles. The Morgan fingerprint density at radius 1 is 1.47 bits per heavy atom. The summed E-state index contributed by atoms with van der Waals surface area (Å²) >= 11 is 0. The molecule has 5 nitrogen and oxygen atoms in total. The van der Waals surface area contributed by atoms with Crippen LogP contribution in [-0.2, 0) is 4.74 Å². The van der Waals surface area contributed by atoms with E-state index in [0.29, 0.717) is 6.04 Å². The Morgan fingerprint density at radius 2 is 2.06 bits per heavy atom. The van der Waals surface area contributed by atoms with Crippen molar-refractivity contribution in [3.8, 4) is 0 Å². The molecular weight excluding hydrogens is 220 g/mol. The molecule has 17 heavy (non-hydrogen) atoms. The van der Waals surface area contributed by atoms with E-state index in [2.05, 4.69) is 4.90 Å². The summed E-state index contributed by atoms with van der Waals surface area (Å²) in [4.78, 5) is 15.6. The molecule has 0 bridgehead atoms. The highest BCUT2D eigenvalue weighted by molar-refractivity contribution is 5.69. The van der Waals surface area contributed by atoms with Gasteiger partial charge in [-0.25, -0.2) is 4.79 Å². The summed E-state index contributed by atoms with van der Waals surface area (Å²) in [6.07, 6.45) is 0.545. The number of aliphatic hydroxyl groups is 1. The third kappa shape index (κ3) is 4.52. The molecule has 1 aliphatic heterocycles. The van der Waals surface area contributed by atoms with E-state index >= 15 is 0 Å². The van der Waals surface area contributed by atoms with Crippen molar-refractivity contribution in [2.24, 2.45) is 0 Å². The highest BCUT2D eigenvalue weighted by Crippen LogP contribution is 2.18. The minimum absolute atomic E-state index is 0.215. The molecule has 1 heterocycles. The summed E-state index contributed by atoms with van der Waals surface area (Å²) in [5, 5.41) is 8.74. The minimum atomic E-state index is -0.426. The first-order valence-electron chi connectivity index (χ1n) is 6.12. The van der Waals surface area contributed by atoms with Gasteiger partial charge in [-0.3, -0.25) is 4.90 Å². The molecule has 0 atom stereocenters. The Kier molecular flexibility index (Phi) is 4.77. The zero-order chi connectivity index (χ0) is 13.1. The molecular formula is C12H24N2O3. The van der Waals surface area contributed by atoms with E-state index in [0.717, 1.165) is 26.1 Å². The molecule has 0 saturated carbocycles. The second kappa shape index (κ2) is 5.69. The van der Waals surface area contributed by atoms with Gasteiger partial charge in [0, 0.05) is 32.3 Å². The van der Waals surface area contributed by atoms with Crippen molar-refractivity contribution < 1.29 is 14.6 Å². The van der Waals surface area contributed by atoms with Gasteiger partial charge >= 0.3 is 6.09 Å². The van der Waals surface area contributed by atoms with Crippen molar-refractivity contribution in [1.82, 2.24) is 9.80 Å². The van der Waals surface area contributed by atoms with Crippen molar-refractivity contribution in [3.05, 3.63) is 0 Å². The van der Waals surface area contributed by atoms with Crippen LogP contribution in [0.25, 0.3) is 0 Å². The van der Waals surface area contributed by atoms with E-state index in [1.807, 2.05) is 27.8 Å². The molecule has 1 rings (SSSR count). The average molecular weight is 244 g/mol. The molecule has 1 fully saturated rings. The zero-order valence-electron chi connectivity index (χ0n) is 11.3. The first-order chi connectivity index (χ1) is 7.83.